The first-order valence-electron chi connectivity index (χ1n) is 4.16. The lowest BCUT2D eigenvalue weighted by Gasteiger charge is -1.97. The molecule has 0 amide bonds. The third kappa shape index (κ3) is 9.17. The zero-order chi connectivity index (χ0) is 9.23. The lowest BCUT2D eigenvalue weighted by Crippen LogP contribution is -1.99. The van der Waals surface area contributed by atoms with E-state index >= 15 is 0 Å². The highest BCUT2D eigenvalue weighted by molar-refractivity contribution is 5.65. The van der Waals surface area contributed by atoms with Gasteiger partial charge in [0.2, 0.25) is 0 Å². The number of ether oxygens (including phenoxy) is 1. The van der Waals surface area contributed by atoms with Crippen molar-refractivity contribution in [2.75, 3.05) is 13.2 Å². The summed E-state index contributed by atoms with van der Waals surface area (Å²) in [6.45, 7) is 2.08. The van der Waals surface area contributed by atoms with Crippen LogP contribution in [0.5, 0.6) is 0 Å². The topological polar surface area (TPSA) is 46.5 Å². The Hall–Kier alpha value is -0.830. The molecule has 0 aromatic rings. The van der Waals surface area contributed by atoms with E-state index in [1.165, 1.54) is 6.92 Å². The molecule has 0 fully saturated rings. The van der Waals surface area contributed by atoms with Crippen LogP contribution in [0, 0.1) is 0 Å². The first-order valence-corrected chi connectivity index (χ1v) is 4.16. The molecule has 0 aliphatic heterocycles. The van der Waals surface area contributed by atoms with Crippen molar-refractivity contribution in [1.82, 2.24) is 0 Å². The van der Waals surface area contributed by atoms with Gasteiger partial charge in [-0.1, -0.05) is 12.2 Å². The molecule has 0 aliphatic carbocycles. The van der Waals surface area contributed by atoms with Gasteiger partial charge in [-0.2, -0.15) is 0 Å². The quantitative estimate of drug-likeness (QED) is 0.373. The van der Waals surface area contributed by atoms with Gasteiger partial charge in [0.15, 0.2) is 0 Å². The first-order chi connectivity index (χ1) is 5.77. The summed E-state index contributed by atoms with van der Waals surface area (Å²) in [5.74, 6) is -0.227. The summed E-state index contributed by atoms with van der Waals surface area (Å²) in [4.78, 5) is 10.3. The molecule has 1 N–H and O–H groups in total. The van der Waals surface area contributed by atoms with Gasteiger partial charge in [0.05, 0.1) is 6.61 Å². The third-order valence-electron chi connectivity index (χ3n) is 1.28. The summed E-state index contributed by atoms with van der Waals surface area (Å²) in [7, 11) is 0. The van der Waals surface area contributed by atoms with Gasteiger partial charge in [-0.15, -0.1) is 0 Å². The van der Waals surface area contributed by atoms with Crippen molar-refractivity contribution in [3.05, 3.63) is 12.2 Å². The summed E-state index contributed by atoms with van der Waals surface area (Å²) in [6, 6.07) is 0. The van der Waals surface area contributed by atoms with Crippen molar-refractivity contribution in [1.29, 1.82) is 0 Å². The van der Waals surface area contributed by atoms with Crippen LogP contribution in [0.15, 0.2) is 12.2 Å². The van der Waals surface area contributed by atoms with Crippen LogP contribution in [0.3, 0.4) is 0 Å². The van der Waals surface area contributed by atoms with Gasteiger partial charge in [0, 0.05) is 13.5 Å². The number of allylic oxidation sites excluding steroid dienone is 1. The van der Waals surface area contributed by atoms with E-state index in [-0.39, 0.29) is 12.6 Å². The Kier molecular flexibility index (Phi) is 7.70. The van der Waals surface area contributed by atoms with Crippen LogP contribution in [-0.2, 0) is 9.53 Å². The molecule has 0 aromatic heterocycles. The van der Waals surface area contributed by atoms with Crippen LogP contribution in [-0.4, -0.2) is 24.3 Å². The Morgan fingerprint density at radius 2 is 2.08 bits per heavy atom. The number of carbonyl (C=O) groups excluding carboxylic acids is 1. The highest BCUT2D eigenvalue weighted by Crippen LogP contribution is 1.93. The maximum atomic E-state index is 10.3. The Balaban J connectivity index is 3.05. The largest absolute Gasteiger partial charge is 0.466 e. The fraction of sp³-hybridized carbons (Fsp3) is 0.667. The second-order valence-corrected chi connectivity index (χ2v) is 2.47. The third-order valence-corrected chi connectivity index (χ3v) is 1.28. The molecule has 0 saturated heterocycles. The van der Waals surface area contributed by atoms with Crippen molar-refractivity contribution in [2.45, 2.75) is 26.2 Å². The number of hydrogen-bond acceptors (Lipinski definition) is 3. The van der Waals surface area contributed by atoms with Crippen molar-refractivity contribution >= 4 is 5.97 Å². The zero-order valence-electron chi connectivity index (χ0n) is 7.45. The van der Waals surface area contributed by atoms with Gasteiger partial charge in [-0.25, -0.2) is 0 Å². The van der Waals surface area contributed by atoms with E-state index in [9.17, 15) is 4.79 Å². The van der Waals surface area contributed by atoms with Gasteiger partial charge >= 0.3 is 5.97 Å². The molecular weight excluding hydrogens is 156 g/mol. The Morgan fingerprint density at radius 3 is 2.67 bits per heavy atom. The number of aliphatic hydroxyl groups is 1. The molecule has 12 heavy (non-hydrogen) atoms. The number of unbranched alkanes of at least 4 members (excludes halogenated alkanes) is 1. The van der Waals surface area contributed by atoms with E-state index in [4.69, 9.17) is 9.84 Å². The molecule has 0 heterocycles. The lowest BCUT2D eigenvalue weighted by atomic mass is 10.3. The standard InChI is InChI=1S/C9H16O3/c1-9(11)12-8-6-4-2-3-5-7-10/h2-3,10H,4-8H2,1H3/b3-2+. The number of hydrogen-bond donors (Lipinski definition) is 1. The molecule has 0 radical (unpaired) electrons. The predicted molar refractivity (Wildman–Crippen MR) is 46.7 cm³/mol. The van der Waals surface area contributed by atoms with Crippen LogP contribution in [0.4, 0.5) is 0 Å². The van der Waals surface area contributed by atoms with Crippen LogP contribution >= 0.6 is 0 Å². The van der Waals surface area contributed by atoms with Gasteiger partial charge in [-0.05, 0) is 19.3 Å². The van der Waals surface area contributed by atoms with Crippen LogP contribution < -0.4 is 0 Å². The second kappa shape index (κ2) is 8.27. The zero-order valence-corrected chi connectivity index (χ0v) is 7.45. The monoisotopic (exact) mass is 172 g/mol. The summed E-state index contributed by atoms with van der Waals surface area (Å²) in [6.07, 6.45) is 6.36. The van der Waals surface area contributed by atoms with Crippen molar-refractivity contribution in [2.24, 2.45) is 0 Å². The molecule has 0 aliphatic rings. The van der Waals surface area contributed by atoms with E-state index < -0.39 is 0 Å². The molecule has 3 heteroatoms. The number of aliphatic hydroxyl groups excluding tert-OH is 1. The maximum Gasteiger partial charge on any atom is 0.302 e. The Bertz CT molecular complexity index is 141. The molecule has 70 valence electrons. The minimum Gasteiger partial charge on any atom is -0.466 e. The lowest BCUT2D eigenvalue weighted by molar-refractivity contribution is -0.141. The first kappa shape index (κ1) is 11.2. The fourth-order valence-corrected chi connectivity index (χ4v) is 0.727. The van der Waals surface area contributed by atoms with Crippen molar-refractivity contribution < 1.29 is 14.6 Å². The van der Waals surface area contributed by atoms with E-state index in [1.807, 2.05) is 12.2 Å². The fourth-order valence-electron chi connectivity index (χ4n) is 0.727. The number of rotatable bonds is 6. The molecule has 0 unspecified atom stereocenters. The van der Waals surface area contributed by atoms with E-state index in [0.29, 0.717) is 13.0 Å². The Morgan fingerprint density at radius 1 is 1.42 bits per heavy atom. The summed E-state index contributed by atoms with van der Waals surface area (Å²) < 4.78 is 4.73. The van der Waals surface area contributed by atoms with Gasteiger partial charge in [0.1, 0.15) is 0 Å². The minimum absolute atomic E-state index is 0.195. The molecular formula is C9H16O3. The van der Waals surface area contributed by atoms with Gasteiger partial charge in [0.25, 0.3) is 0 Å². The predicted octanol–water partition coefficient (Wildman–Crippen LogP) is 1.27. The van der Waals surface area contributed by atoms with E-state index in [2.05, 4.69) is 0 Å². The molecule has 0 rings (SSSR count). The van der Waals surface area contributed by atoms with Crippen LogP contribution in [0.1, 0.15) is 26.2 Å². The summed E-state index contributed by atoms with van der Waals surface area (Å²) >= 11 is 0. The summed E-state index contributed by atoms with van der Waals surface area (Å²) in [5.41, 5.74) is 0. The highest BCUT2D eigenvalue weighted by Gasteiger charge is 1.89. The van der Waals surface area contributed by atoms with Crippen LogP contribution in [0.2, 0.25) is 0 Å². The number of carbonyl (C=O) groups is 1. The normalized spacial score (nSPS) is 10.5. The maximum absolute atomic E-state index is 10.3. The smallest absolute Gasteiger partial charge is 0.302 e. The SMILES string of the molecule is CC(=O)OCCC/C=C/CCO. The molecule has 0 atom stereocenters. The molecule has 0 bridgehead atoms. The minimum atomic E-state index is -0.227. The number of esters is 1. The van der Waals surface area contributed by atoms with Gasteiger partial charge in [-0.3, -0.25) is 4.79 Å². The average molecular weight is 172 g/mol. The summed E-state index contributed by atoms with van der Waals surface area (Å²) in [5, 5.41) is 8.42. The molecule has 0 spiro atoms. The van der Waals surface area contributed by atoms with E-state index in [1.54, 1.807) is 0 Å². The average Bonchev–Trinajstić information content (AvgIpc) is 2.02. The highest BCUT2D eigenvalue weighted by atomic mass is 16.5. The molecule has 0 aromatic carbocycles. The molecule has 3 nitrogen and oxygen atoms in total. The van der Waals surface area contributed by atoms with Crippen molar-refractivity contribution in [3.63, 3.8) is 0 Å². The van der Waals surface area contributed by atoms with E-state index in [0.717, 1.165) is 12.8 Å². The van der Waals surface area contributed by atoms with Crippen LogP contribution in [0.25, 0.3) is 0 Å². The second-order valence-electron chi connectivity index (χ2n) is 2.47. The molecule has 0 saturated carbocycles. The Labute approximate surface area is 73.0 Å². The van der Waals surface area contributed by atoms with Gasteiger partial charge < -0.3 is 9.84 Å². The van der Waals surface area contributed by atoms with Crippen molar-refractivity contribution in [3.8, 4) is 0 Å².